The molecule has 2 heterocycles. The van der Waals surface area contributed by atoms with E-state index in [0.29, 0.717) is 18.1 Å². The predicted octanol–water partition coefficient (Wildman–Crippen LogP) is 10.4. The maximum Gasteiger partial charge on any atom is 0.264 e. The monoisotopic (exact) mass is 885 g/mol. The summed E-state index contributed by atoms with van der Waals surface area (Å²) in [7, 11) is -8.45. The molecule has 4 aromatic carbocycles. The molecule has 0 atom stereocenters. The molecule has 7 rings (SSSR count). The largest absolute Gasteiger partial charge is 0.748 e. The first kappa shape index (κ1) is 46.4. The Balaban J connectivity index is 0.000000819. The highest BCUT2D eigenvalue weighted by Crippen LogP contribution is 2.51. The van der Waals surface area contributed by atoms with Gasteiger partial charge in [0.05, 0.1) is 21.3 Å². The number of fused-ring (bicyclic) bond motifs is 6. The molecule has 0 saturated carbocycles. The van der Waals surface area contributed by atoms with Crippen LogP contribution in [0.25, 0.3) is 21.5 Å². The van der Waals surface area contributed by atoms with Crippen LogP contribution in [0.2, 0.25) is 0 Å². The van der Waals surface area contributed by atoms with E-state index in [1.165, 1.54) is 25.2 Å². The standard InChI is InChI=1S/C43H45ClN2O6S2.C6H15N/c1-42(2)37(45(25-9-27-53(47,48)49)35-21-17-29-11-5-7-13-33(29)39(35)42)23-19-31-15-16-32(41(31)44)20-24-38-43(3,4)40-34-14-8-6-12-30(34)18-22-36(40)46(38)26-10-28-54(50,51)52;1-4-7(5-2)6-3/h5-8,11-14,17-24H,9-10,15-16,25-28H2,1-4H3,(H-,47,48,49,50,51,52);4-6H2,1-3H3. The van der Waals surface area contributed by atoms with Crippen LogP contribution in [0.5, 0.6) is 0 Å². The van der Waals surface area contributed by atoms with Crippen LogP contribution in [0.15, 0.2) is 119 Å². The molecule has 0 fully saturated rings. The van der Waals surface area contributed by atoms with E-state index in [9.17, 15) is 25.9 Å². The van der Waals surface area contributed by atoms with E-state index < -0.39 is 36.8 Å². The minimum Gasteiger partial charge on any atom is -0.748 e. The van der Waals surface area contributed by atoms with Crippen molar-refractivity contribution in [2.24, 2.45) is 0 Å². The Hall–Kier alpha value is -4.10. The van der Waals surface area contributed by atoms with Gasteiger partial charge in [0.25, 0.3) is 10.1 Å². The highest BCUT2D eigenvalue weighted by Gasteiger charge is 2.45. The minimum absolute atomic E-state index is 0.208. The van der Waals surface area contributed by atoms with E-state index in [1.807, 2.05) is 24.3 Å². The average molecular weight is 887 g/mol. The van der Waals surface area contributed by atoms with Gasteiger partial charge in [0.1, 0.15) is 6.54 Å². The quantitative estimate of drug-likeness (QED) is 0.0982. The first-order valence-corrected chi connectivity index (χ1v) is 24.9. The molecule has 9 nitrogen and oxygen atoms in total. The third-order valence-corrected chi connectivity index (χ3v) is 14.6. The van der Waals surface area contributed by atoms with Crippen LogP contribution in [0.1, 0.15) is 85.3 Å². The Kier molecular flexibility index (Phi) is 14.2. The van der Waals surface area contributed by atoms with E-state index in [0.717, 1.165) is 73.9 Å². The first-order chi connectivity index (χ1) is 28.8. The van der Waals surface area contributed by atoms with Gasteiger partial charge in [-0.2, -0.15) is 13.0 Å². The molecular weight excluding hydrogens is 826 g/mol. The van der Waals surface area contributed by atoms with Crippen LogP contribution in [0, 0.1) is 0 Å². The van der Waals surface area contributed by atoms with Crippen LogP contribution in [-0.2, 0) is 31.1 Å². The van der Waals surface area contributed by atoms with Crippen LogP contribution < -0.4 is 4.90 Å². The molecule has 0 aromatic heterocycles. The molecule has 326 valence electrons. The van der Waals surface area contributed by atoms with Gasteiger partial charge in [-0.3, -0.25) is 4.55 Å². The Morgan fingerprint density at radius 2 is 1.38 bits per heavy atom. The summed E-state index contributed by atoms with van der Waals surface area (Å²) in [5.74, 6) is -0.752. The van der Waals surface area contributed by atoms with Gasteiger partial charge in [-0.05, 0) is 109 Å². The number of allylic oxidation sites excluding steroid dienone is 8. The number of hydrogen-bond donors (Lipinski definition) is 1. The van der Waals surface area contributed by atoms with Crippen LogP contribution >= 0.6 is 11.6 Å². The SMILES string of the molecule is CC1(C)C(=C/C=C2\CCC(C=CC3=[N+](CCCS(=O)(=O)[O-])c4ccc5ccccc5c4C3(C)C)=C2Cl)N(CCCS(=O)(=O)O)c2ccc3ccccc3c21.CCN(CC)CC. The van der Waals surface area contributed by atoms with Gasteiger partial charge in [-0.25, -0.2) is 8.42 Å². The van der Waals surface area contributed by atoms with Gasteiger partial charge < -0.3 is 14.4 Å². The van der Waals surface area contributed by atoms with Crippen molar-refractivity contribution in [1.29, 1.82) is 0 Å². The van der Waals surface area contributed by atoms with Gasteiger partial charge in [-0.15, -0.1) is 0 Å². The fourth-order valence-corrected chi connectivity index (χ4v) is 10.7. The van der Waals surface area contributed by atoms with E-state index >= 15 is 0 Å². The van der Waals surface area contributed by atoms with Crippen molar-refractivity contribution in [3.05, 3.63) is 130 Å². The number of anilines is 1. The lowest BCUT2D eigenvalue weighted by Gasteiger charge is -2.27. The molecule has 61 heavy (non-hydrogen) atoms. The molecule has 0 bridgehead atoms. The lowest BCUT2D eigenvalue weighted by atomic mass is 9.79. The maximum atomic E-state index is 11.6. The molecule has 2 aliphatic heterocycles. The molecular formula is C49H60ClN3O6S2. The topological polar surface area (TPSA) is 121 Å². The number of hydrogen-bond acceptors (Lipinski definition) is 7. The summed E-state index contributed by atoms with van der Waals surface area (Å²) in [6.07, 6.45) is 10.3. The summed E-state index contributed by atoms with van der Waals surface area (Å²) in [6.45, 7) is 19.7. The second-order valence-corrected chi connectivity index (χ2v) is 20.6. The zero-order valence-electron chi connectivity index (χ0n) is 36.5. The van der Waals surface area contributed by atoms with Crippen molar-refractivity contribution in [3.63, 3.8) is 0 Å². The second-order valence-electron chi connectivity index (χ2n) is 17.1. The van der Waals surface area contributed by atoms with Gasteiger partial charge in [0.2, 0.25) is 5.69 Å². The number of rotatable bonds is 14. The minimum atomic E-state index is -4.35. The lowest BCUT2D eigenvalue weighted by molar-refractivity contribution is -0.437. The van der Waals surface area contributed by atoms with Crippen LogP contribution in [-0.4, -0.2) is 85.4 Å². The molecule has 1 N–H and O–H groups in total. The molecule has 3 aliphatic rings. The van der Waals surface area contributed by atoms with Crippen molar-refractivity contribution in [3.8, 4) is 0 Å². The van der Waals surface area contributed by atoms with Crippen molar-refractivity contribution in [2.75, 3.05) is 49.1 Å². The van der Waals surface area contributed by atoms with Crippen molar-refractivity contribution < 1.29 is 30.5 Å². The van der Waals surface area contributed by atoms with E-state index in [-0.39, 0.29) is 18.6 Å². The number of benzene rings is 4. The van der Waals surface area contributed by atoms with Gasteiger partial charge >= 0.3 is 0 Å². The van der Waals surface area contributed by atoms with Crippen molar-refractivity contribution >= 4 is 70.5 Å². The second kappa shape index (κ2) is 18.7. The highest BCUT2D eigenvalue weighted by molar-refractivity contribution is 7.85. The first-order valence-electron chi connectivity index (χ1n) is 21.4. The summed E-state index contributed by atoms with van der Waals surface area (Å²) in [5, 5.41) is 5.23. The predicted molar refractivity (Wildman–Crippen MR) is 252 cm³/mol. The van der Waals surface area contributed by atoms with E-state index in [2.05, 4.69) is 136 Å². The van der Waals surface area contributed by atoms with Crippen molar-refractivity contribution in [2.45, 2.75) is 85.0 Å². The van der Waals surface area contributed by atoms with Crippen LogP contribution in [0.4, 0.5) is 11.4 Å². The molecule has 0 radical (unpaired) electrons. The molecule has 0 saturated heterocycles. The van der Waals surface area contributed by atoms with Crippen LogP contribution in [0.3, 0.4) is 0 Å². The summed E-state index contributed by atoms with van der Waals surface area (Å²) in [4.78, 5) is 4.55. The molecule has 0 unspecified atom stereocenters. The normalized spacial score (nSPS) is 18.6. The summed E-state index contributed by atoms with van der Waals surface area (Å²) < 4.78 is 69.5. The molecule has 12 heteroatoms. The fraction of sp³-hybridized carbons (Fsp3) is 0.408. The molecule has 4 aromatic rings. The summed E-state index contributed by atoms with van der Waals surface area (Å²) in [6, 6.07) is 24.9. The van der Waals surface area contributed by atoms with E-state index in [4.69, 9.17) is 11.6 Å². The molecule has 1 aliphatic carbocycles. The summed E-state index contributed by atoms with van der Waals surface area (Å²) >= 11 is 7.13. The van der Waals surface area contributed by atoms with Crippen molar-refractivity contribution in [1.82, 2.24) is 4.90 Å². The Morgan fingerprint density at radius 1 is 0.770 bits per heavy atom. The highest BCUT2D eigenvalue weighted by atomic mass is 35.5. The smallest absolute Gasteiger partial charge is 0.264 e. The Labute approximate surface area is 368 Å². The number of nitrogens with zero attached hydrogens (tertiary/aromatic N) is 3. The number of halogens is 1. The Morgan fingerprint density at radius 3 is 1.97 bits per heavy atom. The van der Waals surface area contributed by atoms with E-state index in [1.54, 1.807) is 0 Å². The zero-order valence-corrected chi connectivity index (χ0v) is 38.9. The third kappa shape index (κ3) is 10.1. The average Bonchev–Trinajstić information content (AvgIpc) is 3.75. The molecule has 0 amide bonds. The lowest BCUT2D eigenvalue weighted by Crippen LogP contribution is -2.28. The Bertz CT molecular complexity index is 2680. The van der Waals surface area contributed by atoms with Gasteiger partial charge in [0, 0.05) is 58.3 Å². The molecule has 0 spiro atoms. The third-order valence-electron chi connectivity index (χ3n) is 12.5. The summed E-state index contributed by atoms with van der Waals surface area (Å²) in [5.41, 5.74) is 7.59. The fourth-order valence-electron chi connectivity index (χ4n) is 9.39. The zero-order chi connectivity index (χ0) is 44.3. The van der Waals surface area contributed by atoms with Gasteiger partial charge in [0.15, 0.2) is 5.71 Å². The van der Waals surface area contributed by atoms with Gasteiger partial charge in [-0.1, -0.05) is 113 Å². The maximum absolute atomic E-state index is 11.6.